The van der Waals surface area contributed by atoms with Crippen molar-refractivity contribution >= 4 is 29.7 Å². The summed E-state index contributed by atoms with van der Waals surface area (Å²) in [4.78, 5) is 59.5. The number of nitrogens with two attached hydrogens (primary N) is 3. The number of rotatable bonds is 19. The van der Waals surface area contributed by atoms with E-state index in [1.165, 1.54) is 0 Å². The van der Waals surface area contributed by atoms with Gasteiger partial charge in [-0.3, -0.25) is 19.2 Å². The van der Waals surface area contributed by atoms with Crippen LogP contribution >= 0.6 is 0 Å². The molecule has 0 aromatic carbocycles. The molecule has 0 aromatic rings. The van der Waals surface area contributed by atoms with Gasteiger partial charge in [-0.15, -0.1) is 0 Å². The van der Waals surface area contributed by atoms with Gasteiger partial charge in [-0.1, -0.05) is 6.42 Å². The Morgan fingerprint density at radius 1 is 0.676 bits per heavy atom. The van der Waals surface area contributed by atoms with E-state index in [0.717, 1.165) is 0 Å². The first-order valence-corrected chi connectivity index (χ1v) is 11.2. The van der Waals surface area contributed by atoms with Crippen molar-refractivity contribution in [3.05, 3.63) is 0 Å². The Morgan fingerprint density at radius 3 is 1.68 bits per heavy atom. The number of aliphatic carboxylic acids is 2. The molecule has 12 N–H and O–H groups in total. The van der Waals surface area contributed by atoms with Gasteiger partial charge < -0.3 is 48.5 Å². The van der Waals surface area contributed by atoms with Crippen molar-refractivity contribution in [3.63, 3.8) is 0 Å². The van der Waals surface area contributed by atoms with E-state index in [-0.39, 0.29) is 12.8 Å². The molecule has 0 spiro atoms. The third-order valence-corrected chi connectivity index (χ3v) is 4.96. The van der Waals surface area contributed by atoms with Crippen LogP contribution in [-0.2, 0) is 24.0 Å². The molecule has 196 valence electrons. The van der Waals surface area contributed by atoms with Gasteiger partial charge in [-0.05, 0) is 51.6 Å². The van der Waals surface area contributed by atoms with Crippen molar-refractivity contribution in [2.45, 2.75) is 75.5 Å². The Morgan fingerprint density at radius 2 is 1.18 bits per heavy atom. The molecule has 0 aliphatic carbocycles. The minimum absolute atomic E-state index is 0.195. The van der Waals surface area contributed by atoms with Gasteiger partial charge in [-0.2, -0.15) is 0 Å². The number of carboxylic acid groups (broad SMARTS) is 2. The fourth-order valence-corrected chi connectivity index (χ4v) is 2.94. The maximum Gasteiger partial charge on any atom is 0.326 e. The summed E-state index contributed by atoms with van der Waals surface area (Å²) in [6.07, 6.45) is 2.07. The molecule has 0 saturated heterocycles. The van der Waals surface area contributed by atoms with Crippen molar-refractivity contribution in [2.75, 3.05) is 19.7 Å². The highest BCUT2D eigenvalue weighted by molar-refractivity contribution is 5.94. The second kappa shape index (κ2) is 17.6. The lowest BCUT2D eigenvalue weighted by Crippen LogP contribution is -2.58. The largest absolute Gasteiger partial charge is 0.481 e. The highest BCUT2D eigenvalue weighted by Crippen LogP contribution is 2.05. The molecule has 3 amide bonds. The number of carboxylic acids is 2. The van der Waals surface area contributed by atoms with Gasteiger partial charge in [0, 0.05) is 6.42 Å². The first-order chi connectivity index (χ1) is 16.1. The highest BCUT2D eigenvalue weighted by Gasteiger charge is 2.30. The Hall–Kier alpha value is -2.81. The molecule has 0 rings (SSSR count). The minimum Gasteiger partial charge on any atom is -0.481 e. The van der Waals surface area contributed by atoms with Crippen LogP contribution in [0.5, 0.6) is 0 Å². The third-order valence-electron chi connectivity index (χ3n) is 4.96. The average Bonchev–Trinajstić information content (AvgIpc) is 2.78. The fraction of sp³-hybridized carbons (Fsp3) is 0.750. The minimum atomic E-state index is -1.53. The quantitative estimate of drug-likeness (QED) is 0.0822. The molecule has 4 unspecified atom stereocenters. The number of unbranched alkanes of at least 4 members (excludes halogenated alkanes) is 2. The lowest BCUT2D eigenvalue weighted by molar-refractivity contribution is -0.143. The van der Waals surface area contributed by atoms with Crippen molar-refractivity contribution in [3.8, 4) is 0 Å². The molecular formula is C20H38N6O8. The number of hydrogen-bond donors (Lipinski definition) is 9. The van der Waals surface area contributed by atoms with Gasteiger partial charge >= 0.3 is 11.9 Å². The maximum absolute atomic E-state index is 12.8. The van der Waals surface area contributed by atoms with Gasteiger partial charge in [-0.25, -0.2) is 4.79 Å². The average molecular weight is 491 g/mol. The standard InChI is InChI=1S/C20H38N6O8/c21-9-3-1-5-12(23)17(30)24-13(6-2-4-10-22)18(31)26-15(11-27)19(32)25-14(20(33)34)7-8-16(28)29/h12-15,27H,1-11,21-23H2,(H,24,30)(H,25,32)(H,26,31)(H,28,29)(H,33,34). The fourth-order valence-electron chi connectivity index (χ4n) is 2.94. The summed E-state index contributed by atoms with van der Waals surface area (Å²) in [5.74, 6) is -5.06. The van der Waals surface area contributed by atoms with Gasteiger partial charge in [0.25, 0.3) is 0 Å². The SMILES string of the molecule is NCCCCC(N)C(=O)NC(CCCCN)C(=O)NC(CO)C(=O)NC(CCC(=O)O)C(=O)O. The summed E-state index contributed by atoms with van der Waals surface area (Å²) in [5, 5.41) is 34.4. The Bertz CT molecular complexity index is 677. The van der Waals surface area contributed by atoms with Crippen molar-refractivity contribution in [1.82, 2.24) is 16.0 Å². The molecule has 0 bridgehead atoms. The molecule has 14 nitrogen and oxygen atoms in total. The molecule has 0 fully saturated rings. The van der Waals surface area contributed by atoms with Crippen LogP contribution in [0.4, 0.5) is 0 Å². The number of nitrogens with one attached hydrogen (secondary N) is 3. The predicted molar refractivity (Wildman–Crippen MR) is 121 cm³/mol. The van der Waals surface area contributed by atoms with Gasteiger partial charge in [0.2, 0.25) is 17.7 Å². The Balaban J connectivity index is 5.19. The second-order valence-corrected chi connectivity index (χ2v) is 7.81. The monoisotopic (exact) mass is 490 g/mol. The van der Waals surface area contributed by atoms with Crippen LogP contribution in [0.2, 0.25) is 0 Å². The van der Waals surface area contributed by atoms with E-state index < -0.39 is 66.9 Å². The second-order valence-electron chi connectivity index (χ2n) is 7.81. The number of carbonyl (C=O) groups is 5. The summed E-state index contributed by atoms with van der Waals surface area (Å²) in [6.45, 7) is -0.0253. The van der Waals surface area contributed by atoms with Crippen LogP contribution in [-0.4, -0.2) is 88.8 Å². The van der Waals surface area contributed by atoms with E-state index in [1.54, 1.807) is 0 Å². The van der Waals surface area contributed by atoms with E-state index in [4.69, 9.17) is 22.3 Å². The molecule has 34 heavy (non-hydrogen) atoms. The number of amides is 3. The summed E-state index contributed by atoms with van der Waals surface area (Å²) in [7, 11) is 0. The zero-order valence-electron chi connectivity index (χ0n) is 19.2. The van der Waals surface area contributed by atoms with E-state index in [0.29, 0.717) is 45.2 Å². The van der Waals surface area contributed by atoms with Crippen molar-refractivity contribution in [1.29, 1.82) is 0 Å². The number of hydrogen-bond acceptors (Lipinski definition) is 9. The summed E-state index contributed by atoms with van der Waals surface area (Å²) in [6, 6.07) is -4.98. The van der Waals surface area contributed by atoms with Crippen LogP contribution in [0, 0.1) is 0 Å². The summed E-state index contributed by atoms with van der Waals surface area (Å²) >= 11 is 0. The molecule has 0 heterocycles. The van der Waals surface area contributed by atoms with E-state index in [9.17, 15) is 34.2 Å². The molecule has 0 saturated carbocycles. The summed E-state index contributed by atoms with van der Waals surface area (Å²) < 4.78 is 0. The summed E-state index contributed by atoms with van der Waals surface area (Å²) in [5.41, 5.74) is 16.8. The number of aliphatic hydroxyl groups is 1. The molecule has 0 aromatic heterocycles. The lowest BCUT2D eigenvalue weighted by Gasteiger charge is -2.24. The normalized spacial score (nSPS) is 14.4. The van der Waals surface area contributed by atoms with Crippen LogP contribution in [0.1, 0.15) is 51.4 Å². The Kier molecular flexibility index (Phi) is 16.2. The first kappa shape index (κ1) is 31.2. The molecule has 4 atom stereocenters. The van der Waals surface area contributed by atoms with Gasteiger partial charge in [0.1, 0.15) is 18.1 Å². The topological polar surface area (TPSA) is 260 Å². The van der Waals surface area contributed by atoms with E-state index in [2.05, 4.69) is 16.0 Å². The van der Waals surface area contributed by atoms with Crippen LogP contribution in [0.3, 0.4) is 0 Å². The van der Waals surface area contributed by atoms with Crippen molar-refractivity contribution in [2.24, 2.45) is 17.2 Å². The van der Waals surface area contributed by atoms with Crippen LogP contribution in [0.25, 0.3) is 0 Å². The third kappa shape index (κ3) is 13.0. The maximum atomic E-state index is 12.8. The van der Waals surface area contributed by atoms with Gasteiger partial charge in [0.15, 0.2) is 0 Å². The van der Waals surface area contributed by atoms with Crippen molar-refractivity contribution < 1.29 is 39.3 Å². The van der Waals surface area contributed by atoms with Crippen LogP contribution in [0.15, 0.2) is 0 Å². The molecule has 0 aliphatic heterocycles. The zero-order chi connectivity index (χ0) is 26.1. The molecule has 14 heteroatoms. The number of carbonyl (C=O) groups excluding carboxylic acids is 3. The zero-order valence-corrected chi connectivity index (χ0v) is 19.2. The lowest BCUT2D eigenvalue weighted by atomic mass is 10.1. The molecular weight excluding hydrogens is 452 g/mol. The predicted octanol–water partition coefficient (Wildman–Crippen LogP) is -3.03. The smallest absolute Gasteiger partial charge is 0.326 e. The van der Waals surface area contributed by atoms with Gasteiger partial charge in [0.05, 0.1) is 12.6 Å². The van der Waals surface area contributed by atoms with E-state index in [1.807, 2.05) is 0 Å². The number of aliphatic hydroxyl groups excluding tert-OH is 1. The highest BCUT2D eigenvalue weighted by atomic mass is 16.4. The van der Waals surface area contributed by atoms with Crippen LogP contribution < -0.4 is 33.2 Å². The van der Waals surface area contributed by atoms with E-state index >= 15 is 0 Å². The Labute approximate surface area is 198 Å². The molecule has 0 radical (unpaired) electrons. The molecule has 0 aliphatic rings. The first-order valence-electron chi connectivity index (χ1n) is 11.2.